The van der Waals surface area contributed by atoms with E-state index >= 15 is 0 Å². The molecule has 1 aliphatic rings. The highest BCUT2D eigenvalue weighted by atomic mass is 16.5. The van der Waals surface area contributed by atoms with Crippen LogP contribution in [0.4, 0.5) is 0 Å². The van der Waals surface area contributed by atoms with E-state index in [1.165, 1.54) is 12.8 Å². The Bertz CT molecular complexity index is 1020. The third-order valence-electron chi connectivity index (χ3n) is 5.37. The zero-order valence-corrected chi connectivity index (χ0v) is 17.9. The van der Waals surface area contributed by atoms with Crippen LogP contribution in [0.15, 0.2) is 79.0 Å². The van der Waals surface area contributed by atoms with Gasteiger partial charge in [-0.05, 0) is 42.0 Å². The summed E-state index contributed by atoms with van der Waals surface area (Å²) in [4.78, 5) is 29.9. The topological polar surface area (TPSA) is 80.3 Å². The number of pyridine rings is 1. The van der Waals surface area contributed by atoms with E-state index in [2.05, 4.69) is 15.6 Å². The molecule has 6 heteroatoms. The molecule has 1 aliphatic carbocycles. The second-order valence-corrected chi connectivity index (χ2v) is 8.06. The number of carbonyl (C=O) groups excluding carboxylic acids is 2. The first-order valence-corrected chi connectivity index (χ1v) is 10.9. The number of nitrogens with one attached hydrogen (secondary N) is 2. The van der Waals surface area contributed by atoms with Gasteiger partial charge in [0.1, 0.15) is 6.04 Å². The lowest BCUT2D eigenvalue weighted by atomic mass is 10.0. The summed E-state index contributed by atoms with van der Waals surface area (Å²) in [6, 6.07) is 21.6. The summed E-state index contributed by atoms with van der Waals surface area (Å²) in [5.74, 6) is 0.750. The maximum Gasteiger partial charge on any atom is 0.251 e. The van der Waals surface area contributed by atoms with Crippen LogP contribution in [0.3, 0.4) is 0 Å². The van der Waals surface area contributed by atoms with Crippen LogP contribution in [0.25, 0.3) is 0 Å². The van der Waals surface area contributed by atoms with Crippen molar-refractivity contribution in [2.75, 3.05) is 6.61 Å². The monoisotopic (exact) mass is 429 g/mol. The quantitative estimate of drug-likeness (QED) is 0.517. The fraction of sp³-hybridized carbons (Fsp3) is 0.269. The number of nitrogens with zero attached hydrogens (tertiary/aromatic N) is 1. The van der Waals surface area contributed by atoms with Crippen LogP contribution in [0, 0.1) is 5.92 Å². The Morgan fingerprint density at radius 3 is 2.31 bits per heavy atom. The van der Waals surface area contributed by atoms with Gasteiger partial charge < -0.3 is 15.4 Å². The lowest BCUT2D eigenvalue weighted by Gasteiger charge is -2.19. The molecule has 0 saturated heterocycles. The maximum atomic E-state index is 13.0. The van der Waals surface area contributed by atoms with Crippen molar-refractivity contribution in [1.29, 1.82) is 0 Å². The van der Waals surface area contributed by atoms with Gasteiger partial charge in [-0.15, -0.1) is 0 Å². The lowest BCUT2D eigenvalue weighted by Crippen LogP contribution is -2.47. The number of hydrogen-bond donors (Lipinski definition) is 2. The smallest absolute Gasteiger partial charge is 0.251 e. The minimum Gasteiger partial charge on any atom is -0.477 e. The summed E-state index contributed by atoms with van der Waals surface area (Å²) in [6.45, 7) is 1.03. The van der Waals surface area contributed by atoms with Gasteiger partial charge in [-0.1, -0.05) is 54.6 Å². The molecule has 2 aromatic carbocycles. The number of aromatic nitrogens is 1. The van der Waals surface area contributed by atoms with E-state index in [9.17, 15) is 9.59 Å². The van der Waals surface area contributed by atoms with Gasteiger partial charge in [0.05, 0.1) is 6.61 Å². The third kappa shape index (κ3) is 6.41. The summed E-state index contributed by atoms with van der Waals surface area (Å²) in [5.41, 5.74) is 2.36. The van der Waals surface area contributed by atoms with Crippen LogP contribution in [0.5, 0.6) is 5.88 Å². The highest BCUT2D eigenvalue weighted by Crippen LogP contribution is 2.29. The largest absolute Gasteiger partial charge is 0.477 e. The van der Waals surface area contributed by atoms with Crippen molar-refractivity contribution in [3.63, 3.8) is 0 Å². The standard InChI is InChI=1S/C26H27N3O3/c30-25(22-9-5-2-6-10-22)29-23(15-19-7-3-1-4-8-19)26(31)28-17-21-13-14-24(27-16-21)32-18-20-11-12-20/h1-10,13-14,16,20,23H,11-12,15,17-18H2,(H,28,31)(H,29,30)/t23-/m1/s1. The van der Waals surface area contributed by atoms with E-state index in [1.807, 2.05) is 48.5 Å². The molecule has 164 valence electrons. The number of benzene rings is 2. The molecule has 0 radical (unpaired) electrons. The molecule has 0 spiro atoms. The average molecular weight is 430 g/mol. The van der Waals surface area contributed by atoms with Crippen molar-refractivity contribution < 1.29 is 14.3 Å². The van der Waals surface area contributed by atoms with Crippen molar-refractivity contribution in [1.82, 2.24) is 15.6 Å². The van der Waals surface area contributed by atoms with E-state index in [0.29, 0.717) is 36.9 Å². The highest BCUT2D eigenvalue weighted by molar-refractivity contribution is 5.97. The molecule has 2 N–H and O–H groups in total. The molecule has 0 bridgehead atoms. The summed E-state index contributed by atoms with van der Waals surface area (Å²) in [7, 11) is 0. The second-order valence-electron chi connectivity index (χ2n) is 8.06. The van der Waals surface area contributed by atoms with E-state index in [-0.39, 0.29) is 11.8 Å². The van der Waals surface area contributed by atoms with Gasteiger partial charge in [-0.3, -0.25) is 9.59 Å². The summed E-state index contributed by atoms with van der Waals surface area (Å²) in [6.07, 6.45) is 4.57. The maximum absolute atomic E-state index is 13.0. The van der Waals surface area contributed by atoms with Crippen LogP contribution in [0.1, 0.15) is 34.3 Å². The Balaban J connectivity index is 1.36. The van der Waals surface area contributed by atoms with Crippen molar-refractivity contribution >= 4 is 11.8 Å². The molecule has 0 unspecified atom stereocenters. The first-order valence-electron chi connectivity index (χ1n) is 10.9. The Morgan fingerprint density at radius 1 is 0.938 bits per heavy atom. The Kier molecular flexibility index (Phi) is 7.12. The zero-order valence-electron chi connectivity index (χ0n) is 17.9. The van der Waals surface area contributed by atoms with Crippen LogP contribution in [-0.4, -0.2) is 29.4 Å². The molecule has 4 rings (SSSR count). The number of amides is 2. The van der Waals surface area contributed by atoms with E-state index < -0.39 is 6.04 Å². The van der Waals surface area contributed by atoms with Crippen molar-refractivity contribution in [3.8, 4) is 5.88 Å². The predicted octanol–water partition coefficient (Wildman–Crippen LogP) is 3.53. The Labute approximate surface area is 188 Å². The van der Waals surface area contributed by atoms with Gasteiger partial charge in [0.15, 0.2) is 0 Å². The second kappa shape index (κ2) is 10.6. The summed E-state index contributed by atoms with van der Waals surface area (Å²) < 4.78 is 5.65. The molecule has 2 amide bonds. The molecule has 1 aromatic heterocycles. The van der Waals surface area contributed by atoms with Crippen LogP contribution in [-0.2, 0) is 17.8 Å². The molecule has 1 heterocycles. The molecule has 6 nitrogen and oxygen atoms in total. The van der Waals surface area contributed by atoms with Gasteiger partial charge in [0, 0.05) is 30.8 Å². The molecular formula is C26H27N3O3. The van der Waals surface area contributed by atoms with Gasteiger partial charge in [-0.2, -0.15) is 0 Å². The van der Waals surface area contributed by atoms with Crippen molar-refractivity contribution in [2.45, 2.75) is 31.8 Å². The van der Waals surface area contributed by atoms with Gasteiger partial charge in [0.2, 0.25) is 11.8 Å². The number of rotatable bonds is 10. The zero-order chi connectivity index (χ0) is 22.2. The van der Waals surface area contributed by atoms with E-state index in [4.69, 9.17) is 4.74 Å². The molecule has 1 atom stereocenters. The van der Waals surface area contributed by atoms with Crippen LogP contribution >= 0.6 is 0 Å². The van der Waals surface area contributed by atoms with Crippen molar-refractivity contribution in [2.24, 2.45) is 5.92 Å². The average Bonchev–Trinajstić information content (AvgIpc) is 3.67. The SMILES string of the molecule is O=C(N[C@H](Cc1ccccc1)C(=O)NCc1ccc(OCC2CC2)nc1)c1ccccc1. The normalized spacial score (nSPS) is 13.8. The Morgan fingerprint density at radius 2 is 1.66 bits per heavy atom. The van der Waals surface area contributed by atoms with E-state index in [1.54, 1.807) is 30.5 Å². The lowest BCUT2D eigenvalue weighted by molar-refractivity contribution is -0.123. The Hall–Kier alpha value is -3.67. The molecule has 3 aromatic rings. The van der Waals surface area contributed by atoms with Gasteiger partial charge in [-0.25, -0.2) is 4.98 Å². The molecule has 1 fully saturated rings. The van der Waals surface area contributed by atoms with Gasteiger partial charge >= 0.3 is 0 Å². The minimum atomic E-state index is -0.695. The van der Waals surface area contributed by atoms with E-state index in [0.717, 1.165) is 11.1 Å². The predicted molar refractivity (Wildman–Crippen MR) is 122 cm³/mol. The summed E-state index contributed by atoms with van der Waals surface area (Å²) >= 11 is 0. The third-order valence-corrected chi connectivity index (χ3v) is 5.37. The van der Waals surface area contributed by atoms with Crippen LogP contribution in [0.2, 0.25) is 0 Å². The summed E-state index contributed by atoms with van der Waals surface area (Å²) in [5, 5.41) is 5.79. The number of ether oxygens (including phenoxy) is 1. The first-order chi connectivity index (χ1) is 15.7. The van der Waals surface area contributed by atoms with Crippen molar-refractivity contribution in [3.05, 3.63) is 95.7 Å². The fourth-order valence-corrected chi connectivity index (χ4v) is 3.29. The minimum absolute atomic E-state index is 0.243. The molecule has 0 aliphatic heterocycles. The molecule has 32 heavy (non-hydrogen) atoms. The van der Waals surface area contributed by atoms with Gasteiger partial charge in [0.25, 0.3) is 5.91 Å². The number of carbonyl (C=O) groups is 2. The fourth-order valence-electron chi connectivity index (χ4n) is 3.29. The highest BCUT2D eigenvalue weighted by Gasteiger charge is 2.23. The number of hydrogen-bond acceptors (Lipinski definition) is 4. The first kappa shape index (κ1) is 21.6. The van der Waals surface area contributed by atoms with Crippen LogP contribution < -0.4 is 15.4 Å². The molecule has 1 saturated carbocycles. The molecular weight excluding hydrogens is 402 g/mol.